The zero-order chi connectivity index (χ0) is 20.8. The smallest absolute Gasteiger partial charge is 0.261 e. The van der Waals surface area contributed by atoms with E-state index < -0.39 is 0 Å². The molecule has 1 heterocycles. The van der Waals surface area contributed by atoms with Crippen molar-refractivity contribution in [1.29, 1.82) is 0 Å². The molecule has 2 aromatic carbocycles. The van der Waals surface area contributed by atoms with E-state index in [-0.39, 0.29) is 14.7 Å². The second kappa shape index (κ2) is 9.22. The van der Waals surface area contributed by atoms with Crippen molar-refractivity contribution < 1.29 is 12.4 Å². The van der Waals surface area contributed by atoms with E-state index in [4.69, 9.17) is 5.73 Å². The van der Waals surface area contributed by atoms with Gasteiger partial charge in [0, 0.05) is 27.0 Å². The van der Waals surface area contributed by atoms with Crippen LogP contribution in [0.3, 0.4) is 0 Å². The molecule has 1 aliphatic heterocycles. The van der Waals surface area contributed by atoms with Crippen molar-refractivity contribution in [3.63, 3.8) is 0 Å². The lowest BCUT2D eigenvalue weighted by molar-refractivity contribution is 0.0601. The first-order valence-electron chi connectivity index (χ1n) is 8.64. The zero-order valence-electron chi connectivity index (χ0n) is 16.5. The Morgan fingerprint density at radius 3 is 2.32 bits per heavy atom. The number of benzene rings is 2. The average Bonchev–Trinajstić information content (AvgIpc) is 2.64. The van der Waals surface area contributed by atoms with Crippen molar-refractivity contribution in [3.05, 3.63) is 35.4 Å². The highest BCUT2D eigenvalue weighted by Crippen LogP contribution is 2.34. The third-order valence-corrected chi connectivity index (χ3v) is 4.07. The number of carbonyl (C=O) groups excluding carboxylic acids is 2. The molecule has 0 bridgehead atoms. The van der Waals surface area contributed by atoms with E-state index in [0.717, 1.165) is 5.39 Å². The van der Waals surface area contributed by atoms with Gasteiger partial charge in [0.15, 0.2) is 0 Å². The number of amides is 2. The van der Waals surface area contributed by atoms with Gasteiger partial charge in [0.25, 0.3) is 11.8 Å². The maximum Gasteiger partial charge on any atom is 0.261 e. The molecule has 0 aliphatic carbocycles. The van der Waals surface area contributed by atoms with Gasteiger partial charge in [0.1, 0.15) is 0 Å². The van der Waals surface area contributed by atoms with E-state index in [1.165, 1.54) is 4.90 Å². The first-order chi connectivity index (χ1) is 13.3. The summed E-state index contributed by atoms with van der Waals surface area (Å²) >= 11 is 0. The Hall–Kier alpha value is -3.08. The Morgan fingerprint density at radius 1 is 1.14 bits per heavy atom. The van der Waals surface area contributed by atoms with Crippen LogP contribution in [0, 0.1) is 0 Å². The number of hydrogen-bond acceptors (Lipinski definition) is 8. The standard InChI is InChI=1S/C17H20N6O2.CH6N2.2H2/c1-19-21-20-12-7-10-6-11(18)8-13-15(10)14(9-12)17(25)23(16(13)24)5-4-22(2)3;1-3-2;;/h6-9H,4-5,18H2,1-3H3,(H,19,20);3H,2H2,1H3;2*1H. The molecule has 0 saturated carbocycles. The third-order valence-electron chi connectivity index (χ3n) is 4.07. The van der Waals surface area contributed by atoms with Crippen molar-refractivity contribution in [2.75, 3.05) is 52.4 Å². The molecule has 0 saturated heterocycles. The maximum absolute atomic E-state index is 12.9. The number of hydrogen-bond donors (Lipinski definition) is 4. The number of anilines is 2. The highest BCUT2D eigenvalue weighted by atomic mass is 16.2. The molecule has 1 aliphatic rings. The van der Waals surface area contributed by atoms with Crippen molar-refractivity contribution in [3.8, 4) is 0 Å². The Balaban J connectivity index is 0.00000159. The highest BCUT2D eigenvalue weighted by Gasteiger charge is 2.33. The molecular weight excluding hydrogens is 360 g/mol. The predicted molar refractivity (Wildman–Crippen MR) is 114 cm³/mol. The monoisotopic (exact) mass is 390 g/mol. The summed E-state index contributed by atoms with van der Waals surface area (Å²) in [6.07, 6.45) is 0. The van der Waals surface area contributed by atoms with Crippen LogP contribution in [0.2, 0.25) is 0 Å². The summed E-state index contributed by atoms with van der Waals surface area (Å²) < 4.78 is 0. The molecule has 6 N–H and O–H groups in total. The Labute approximate surface area is 166 Å². The summed E-state index contributed by atoms with van der Waals surface area (Å²) in [5, 5.41) is 8.74. The number of nitrogens with zero attached hydrogens (tertiary/aromatic N) is 4. The number of imide groups is 1. The molecule has 10 heteroatoms. The molecule has 0 fully saturated rings. The summed E-state index contributed by atoms with van der Waals surface area (Å²) in [4.78, 5) is 28.9. The second-order valence-corrected chi connectivity index (χ2v) is 6.46. The summed E-state index contributed by atoms with van der Waals surface area (Å²) in [6.45, 7) is 0.896. The first kappa shape index (κ1) is 21.2. The van der Waals surface area contributed by atoms with Gasteiger partial charge < -0.3 is 10.6 Å². The van der Waals surface area contributed by atoms with Crippen LogP contribution in [0.1, 0.15) is 23.6 Å². The van der Waals surface area contributed by atoms with Gasteiger partial charge in [0.05, 0.1) is 23.9 Å². The van der Waals surface area contributed by atoms with Crippen LogP contribution in [-0.2, 0) is 0 Å². The van der Waals surface area contributed by atoms with Gasteiger partial charge in [-0.2, -0.15) is 5.11 Å². The van der Waals surface area contributed by atoms with Crippen LogP contribution in [-0.4, -0.2) is 62.9 Å². The molecular formula is C18H30N8O2. The second-order valence-electron chi connectivity index (χ2n) is 6.46. The molecule has 154 valence electrons. The van der Waals surface area contributed by atoms with Crippen LogP contribution in [0.25, 0.3) is 10.8 Å². The topological polar surface area (TPSA) is 141 Å². The van der Waals surface area contributed by atoms with Gasteiger partial charge >= 0.3 is 0 Å². The fourth-order valence-electron chi connectivity index (χ4n) is 2.93. The van der Waals surface area contributed by atoms with E-state index >= 15 is 0 Å². The summed E-state index contributed by atoms with van der Waals surface area (Å²) in [6, 6.07) is 6.85. The Morgan fingerprint density at radius 2 is 1.75 bits per heavy atom. The molecule has 0 radical (unpaired) electrons. The zero-order valence-corrected chi connectivity index (χ0v) is 16.5. The van der Waals surface area contributed by atoms with Gasteiger partial charge in [-0.05, 0) is 50.8 Å². The van der Waals surface area contributed by atoms with Crippen molar-refractivity contribution >= 4 is 34.0 Å². The average molecular weight is 390 g/mol. The van der Waals surface area contributed by atoms with Crippen LogP contribution in [0.4, 0.5) is 11.4 Å². The normalized spacial score (nSPS) is 13.3. The molecule has 3 rings (SSSR count). The first-order valence-corrected chi connectivity index (χ1v) is 8.64. The molecule has 2 aromatic rings. The summed E-state index contributed by atoms with van der Waals surface area (Å²) in [5.41, 5.74) is 13.0. The van der Waals surface area contributed by atoms with Crippen molar-refractivity contribution in [2.24, 2.45) is 16.2 Å². The van der Waals surface area contributed by atoms with Crippen LogP contribution in [0.15, 0.2) is 34.6 Å². The fraction of sp³-hybridized carbons (Fsp3) is 0.333. The van der Waals surface area contributed by atoms with E-state index in [2.05, 4.69) is 27.0 Å². The molecule has 10 nitrogen and oxygen atoms in total. The number of nitrogens with two attached hydrogens (primary N) is 2. The summed E-state index contributed by atoms with van der Waals surface area (Å²) in [7, 11) is 6.98. The lowest BCUT2D eigenvalue weighted by atomic mass is 9.92. The molecule has 0 aromatic heterocycles. The largest absolute Gasteiger partial charge is 0.399 e. The number of carbonyl (C=O) groups is 2. The number of likely N-dealkylation sites (N-methyl/N-ethyl adjacent to an activating group) is 1. The lowest BCUT2D eigenvalue weighted by Gasteiger charge is -2.28. The maximum atomic E-state index is 12.9. The number of nitrogen functional groups attached to an aromatic ring is 1. The molecule has 28 heavy (non-hydrogen) atoms. The van der Waals surface area contributed by atoms with E-state index in [1.807, 2.05) is 19.0 Å². The SMILES string of the molecule is CN=NNc1cc2c3c(cc(N)cc3c1)C(=O)N(CCN(C)C)C2=O.CNN.[HH].[HH]. The Kier molecular flexibility index (Phi) is 6.99. The quantitative estimate of drug-likeness (QED) is 0.199. The van der Waals surface area contributed by atoms with E-state index in [1.54, 1.807) is 38.4 Å². The third kappa shape index (κ3) is 4.42. The van der Waals surface area contributed by atoms with Crippen LogP contribution >= 0.6 is 0 Å². The van der Waals surface area contributed by atoms with E-state index in [0.29, 0.717) is 41.0 Å². The van der Waals surface area contributed by atoms with Gasteiger partial charge in [-0.1, -0.05) is 5.22 Å². The number of hydrazine groups is 1. The molecule has 0 unspecified atom stereocenters. The van der Waals surface area contributed by atoms with Crippen molar-refractivity contribution in [1.82, 2.24) is 15.2 Å². The predicted octanol–water partition coefficient (Wildman–Crippen LogP) is 1.56. The van der Waals surface area contributed by atoms with Crippen LogP contribution < -0.4 is 22.4 Å². The highest BCUT2D eigenvalue weighted by molar-refractivity contribution is 6.26. The van der Waals surface area contributed by atoms with Crippen molar-refractivity contribution in [2.45, 2.75) is 0 Å². The lowest BCUT2D eigenvalue weighted by Crippen LogP contribution is -2.43. The van der Waals surface area contributed by atoms with Gasteiger partial charge in [-0.3, -0.25) is 31.2 Å². The molecule has 0 atom stereocenters. The van der Waals surface area contributed by atoms with Crippen LogP contribution in [0.5, 0.6) is 0 Å². The minimum absolute atomic E-state index is 0. The van der Waals surface area contributed by atoms with Gasteiger partial charge in [0.2, 0.25) is 0 Å². The van der Waals surface area contributed by atoms with Gasteiger partial charge in [-0.25, -0.2) is 0 Å². The Bertz CT molecular complexity index is 921. The minimum Gasteiger partial charge on any atom is -0.399 e. The number of rotatable bonds is 5. The van der Waals surface area contributed by atoms with E-state index in [9.17, 15) is 9.59 Å². The number of nitrogens with one attached hydrogen (secondary N) is 2. The van der Waals surface area contributed by atoms with Gasteiger partial charge in [-0.15, -0.1) is 0 Å². The fourth-order valence-corrected chi connectivity index (χ4v) is 2.93. The molecule has 0 spiro atoms. The minimum atomic E-state index is -0.314. The summed E-state index contributed by atoms with van der Waals surface area (Å²) in [5.74, 6) is 3.97. The molecule has 2 amide bonds.